The van der Waals surface area contributed by atoms with Crippen LogP contribution in [0.3, 0.4) is 0 Å². The molecule has 0 radical (unpaired) electrons. The first-order chi connectivity index (χ1) is 8.71. The summed E-state index contributed by atoms with van der Waals surface area (Å²) in [6.07, 6.45) is 10.9. The van der Waals surface area contributed by atoms with Gasteiger partial charge in [-0.2, -0.15) is 0 Å². The van der Waals surface area contributed by atoms with Crippen molar-refractivity contribution in [1.82, 2.24) is 5.32 Å². The van der Waals surface area contributed by atoms with E-state index in [1.165, 1.54) is 0 Å². The molecule has 3 nitrogen and oxygen atoms in total. The first-order valence-corrected chi connectivity index (χ1v) is 6.13. The third kappa shape index (κ3) is 4.17. The average molecular weight is 247 g/mol. The fraction of sp³-hybridized carbons (Fsp3) is 0.333. The van der Waals surface area contributed by atoms with Crippen LogP contribution in [0.2, 0.25) is 0 Å². The Kier molecular flexibility index (Phi) is 5.85. The minimum absolute atomic E-state index is 0.247. The monoisotopic (exact) mass is 247 g/mol. The molecule has 98 valence electrons. The molecule has 0 spiro atoms. The minimum atomic E-state index is 0.247. The van der Waals surface area contributed by atoms with E-state index >= 15 is 0 Å². The van der Waals surface area contributed by atoms with Crippen molar-refractivity contribution < 1.29 is 9.47 Å². The summed E-state index contributed by atoms with van der Waals surface area (Å²) in [7, 11) is 0. The van der Waals surface area contributed by atoms with Gasteiger partial charge in [0.15, 0.2) is 11.5 Å². The molecule has 1 heterocycles. The van der Waals surface area contributed by atoms with Crippen molar-refractivity contribution in [3.05, 3.63) is 59.9 Å². The van der Waals surface area contributed by atoms with Crippen LogP contribution < -0.4 is 5.32 Å². The van der Waals surface area contributed by atoms with Crippen LogP contribution in [0.1, 0.15) is 27.2 Å². The van der Waals surface area contributed by atoms with Crippen molar-refractivity contribution in [1.29, 1.82) is 0 Å². The van der Waals surface area contributed by atoms with Crippen LogP contribution in [-0.4, -0.2) is 6.79 Å². The summed E-state index contributed by atoms with van der Waals surface area (Å²) in [4.78, 5) is 0. The van der Waals surface area contributed by atoms with E-state index in [0.29, 0.717) is 11.5 Å². The first kappa shape index (κ1) is 14.2. The molecule has 1 aliphatic rings. The summed E-state index contributed by atoms with van der Waals surface area (Å²) in [6, 6.07) is 0. The number of allylic oxidation sites excluding steroid dienone is 6. The van der Waals surface area contributed by atoms with Crippen LogP contribution in [0.25, 0.3) is 0 Å². The van der Waals surface area contributed by atoms with Crippen LogP contribution in [0.4, 0.5) is 0 Å². The van der Waals surface area contributed by atoms with Crippen molar-refractivity contribution in [2.24, 2.45) is 0 Å². The predicted octanol–water partition coefficient (Wildman–Crippen LogP) is 3.75. The highest BCUT2D eigenvalue weighted by molar-refractivity contribution is 5.31. The molecule has 3 heteroatoms. The van der Waals surface area contributed by atoms with Gasteiger partial charge in [0, 0.05) is 17.5 Å². The molecule has 0 saturated carbocycles. The Labute approximate surface area is 109 Å². The predicted molar refractivity (Wildman–Crippen MR) is 74.3 cm³/mol. The lowest BCUT2D eigenvalue weighted by Gasteiger charge is -2.09. The van der Waals surface area contributed by atoms with Gasteiger partial charge < -0.3 is 14.8 Å². The van der Waals surface area contributed by atoms with Crippen molar-refractivity contribution in [3.8, 4) is 0 Å². The summed E-state index contributed by atoms with van der Waals surface area (Å²) < 4.78 is 10.5. The van der Waals surface area contributed by atoms with E-state index in [1.807, 2.05) is 38.2 Å². The molecule has 0 aliphatic carbocycles. The summed E-state index contributed by atoms with van der Waals surface area (Å²) in [5.74, 6) is 1.25. The van der Waals surface area contributed by atoms with Gasteiger partial charge in [0.25, 0.3) is 0 Å². The molecule has 0 bridgehead atoms. The van der Waals surface area contributed by atoms with E-state index in [4.69, 9.17) is 9.47 Å². The summed E-state index contributed by atoms with van der Waals surface area (Å²) >= 11 is 0. The van der Waals surface area contributed by atoms with E-state index in [0.717, 1.165) is 17.8 Å². The van der Waals surface area contributed by atoms with E-state index in [2.05, 4.69) is 24.9 Å². The molecule has 0 unspecified atom stereocenters. The van der Waals surface area contributed by atoms with Gasteiger partial charge in [-0.1, -0.05) is 31.7 Å². The highest BCUT2D eigenvalue weighted by Gasteiger charge is 2.14. The zero-order chi connectivity index (χ0) is 13.4. The molecule has 1 saturated heterocycles. The van der Waals surface area contributed by atoms with Crippen LogP contribution in [0.5, 0.6) is 0 Å². The van der Waals surface area contributed by atoms with E-state index in [9.17, 15) is 0 Å². The molecule has 0 atom stereocenters. The van der Waals surface area contributed by atoms with Crippen molar-refractivity contribution in [2.75, 3.05) is 6.79 Å². The number of ether oxygens (including phenoxy) is 2. The number of hydrogen-bond acceptors (Lipinski definition) is 3. The number of hydrogen-bond donors (Lipinski definition) is 1. The smallest absolute Gasteiger partial charge is 0.231 e. The molecule has 1 rings (SSSR count). The summed E-state index contributed by atoms with van der Waals surface area (Å²) in [6.45, 7) is 10.1. The summed E-state index contributed by atoms with van der Waals surface area (Å²) in [5.41, 5.74) is 2.11. The molecule has 1 N–H and O–H groups in total. The van der Waals surface area contributed by atoms with E-state index in [-0.39, 0.29) is 6.79 Å². The van der Waals surface area contributed by atoms with Gasteiger partial charge in [-0.15, -0.1) is 0 Å². The second-order valence-electron chi connectivity index (χ2n) is 3.78. The first-order valence-electron chi connectivity index (χ1n) is 6.13. The largest absolute Gasteiger partial charge is 0.454 e. The zero-order valence-corrected chi connectivity index (χ0v) is 11.3. The fourth-order valence-electron chi connectivity index (χ4n) is 1.42. The van der Waals surface area contributed by atoms with Crippen molar-refractivity contribution in [3.63, 3.8) is 0 Å². The van der Waals surface area contributed by atoms with Crippen LogP contribution >= 0.6 is 0 Å². The van der Waals surface area contributed by atoms with Crippen molar-refractivity contribution >= 4 is 0 Å². The highest BCUT2D eigenvalue weighted by Crippen LogP contribution is 2.20. The van der Waals surface area contributed by atoms with Crippen LogP contribution in [-0.2, 0) is 9.47 Å². The lowest BCUT2D eigenvalue weighted by Crippen LogP contribution is -2.11. The Balaban J connectivity index is 2.76. The third-order valence-electron chi connectivity index (χ3n) is 2.50. The molecule has 18 heavy (non-hydrogen) atoms. The molecule has 1 aliphatic heterocycles. The maximum Gasteiger partial charge on any atom is 0.231 e. The minimum Gasteiger partial charge on any atom is -0.454 e. The lowest BCUT2D eigenvalue weighted by atomic mass is 10.2. The molecule has 0 amide bonds. The molecule has 0 aromatic heterocycles. The standard InChI is InChI=1S/C15H21NO2/c1-5-8-9-13(6-2)16-14(7-3)10-15-12(4)17-11-18-15/h5,7-10,16H,4,6,11H2,1-3H3/b8-5-,13-9+,14-7+,15-10+. The van der Waals surface area contributed by atoms with Crippen molar-refractivity contribution in [2.45, 2.75) is 27.2 Å². The Morgan fingerprint density at radius 2 is 2.17 bits per heavy atom. The van der Waals surface area contributed by atoms with Gasteiger partial charge >= 0.3 is 0 Å². The molecular formula is C15H21NO2. The fourth-order valence-corrected chi connectivity index (χ4v) is 1.42. The second-order valence-corrected chi connectivity index (χ2v) is 3.78. The highest BCUT2D eigenvalue weighted by atomic mass is 16.7. The normalized spacial score (nSPS) is 19.3. The zero-order valence-electron chi connectivity index (χ0n) is 11.3. The average Bonchev–Trinajstić information content (AvgIpc) is 2.78. The van der Waals surface area contributed by atoms with Gasteiger partial charge in [-0.3, -0.25) is 0 Å². The van der Waals surface area contributed by atoms with E-state index < -0.39 is 0 Å². The van der Waals surface area contributed by atoms with Crippen LogP contribution in [0.15, 0.2) is 59.9 Å². The van der Waals surface area contributed by atoms with Gasteiger partial charge in [-0.25, -0.2) is 0 Å². The topological polar surface area (TPSA) is 30.5 Å². The SMILES string of the molecule is C=C1OCO/C1=C/C(=C\C)N/C(=C/C=C\C)CC. The Hall–Kier alpha value is -1.90. The maximum absolute atomic E-state index is 5.32. The van der Waals surface area contributed by atoms with E-state index in [1.54, 1.807) is 0 Å². The molecule has 1 fully saturated rings. The Bertz CT molecular complexity index is 414. The molecule has 0 aromatic rings. The quantitative estimate of drug-likeness (QED) is 0.750. The molecular weight excluding hydrogens is 226 g/mol. The Morgan fingerprint density at radius 1 is 1.39 bits per heavy atom. The van der Waals surface area contributed by atoms with Gasteiger partial charge in [-0.05, 0) is 26.3 Å². The Morgan fingerprint density at radius 3 is 2.67 bits per heavy atom. The molecule has 0 aromatic carbocycles. The number of rotatable bonds is 5. The number of nitrogens with one attached hydrogen (secondary N) is 1. The second kappa shape index (κ2) is 7.43. The maximum atomic E-state index is 5.32. The van der Waals surface area contributed by atoms with Gasteiger partial charge in [0.1, 0.15) is 0 Å². The third-order valence-corrected chi connectivity index (χ3v) is 2.50. The van der Waals surface area contributed by atoms with Gasteiger partial charge in [0.2, 0.25) is 6.79 Å². The lowest BCUT2D eigenvalue weighted by molar-refractivity contribution is 0.0979. The van der Waals surface area contributed by atoms with Crippen LogP contribution in [0, 0.1) is 0 Å². The summed E-state index contributed by atoms with van der Waals surface area (Å²) in [5, 5.41) is 3.35. The van der Waals surface area contributed by atoms with Gasteiger partial charge in [0.05, 0.1) is 0 Å².